The van der Waals surface area contributed by atoms with Gasteiger partial charge in [-0.3, -0.25) is 14.6 Å². The number of carbonyl (C=O) groups is 2. The average molecular weight is 581 g/mol. The Balaban J connectivity index is 1.87. The molecule has 1 unspecified atom stereocenters. The minimum absolute atomic E-state index is 0.00945. The lowest BCUT2D eigenvalue weighted by Gasteiger charge is -2.10. The van der Waals surface area contributed by atoms with Crippen LogP contribution in [-0.2, 0) is 28.9 Å². The fourth-order valence-corrected chi connectivity index (χ4v) is 5.85. The van der Waals surface area contributed by atoms with Crippen molar-refractivity contribution < 1.29 is 19.8 Å². The van der Waals surface area contributed by atoms with Crippen LogP contribution in [0.5, 0.6) is 0 Å². The van der Waals surface area contributed by atoms with Crippen LogP contribution in [0.1, 0.15) is 70.2 Å². The first kappa shape index (κ1) is 31.1. The number of aliphatic imine (C=N–C) groups is 1. The summed E-state index contributed by atoms with van der Waals surface area (Å²) in [5.74, 6) is -1.74. The first-order valence-corrected chi connectivity index (χ1v) is 14.4. The molecule has 4 rings (SSSR count). The third-order valence-corrected chi connectivity index (χ3v) is 8.44. The fraction of sp³-hybridized carbons (Fsp3) is 0.286. The van der Waals surface area contributed by atoms with Gasteiger partial charge in [0.15, 0.2) is 0 Å². The summed E-state index contributed by atoms with van der Waals surface area (Å²) in [6.07, 6.45) is 12.6. The summed E-state index contributed by atoms with van der Waals surface area (Å²) in [4.78, 5) is 38.3. The van der Waals surface area contributed by atoms with E-state index < -0.39 is 11.9 Å². The molecular formula is C35H40N4O4. The van der Waals surface area contributed by atoms with E-state index >= 15 is 0 Å². The molecule has 1 aliphatic heterocycles. The lowest BCUT2D eigenvalue weighted by molar-refractivity contribution is -0.138. The highest BCUT2D eigenvalue weighted by Crippen LogP contribution is 2.29. The van der Waals surface area contributed by atoms with Gasteiger partial charge >= 0.3 is 11.9 Å². The number of rotatable bonds is 13. The van der Waals surface area contributed by atoms with Crippen molar-refractivity contribution in [2.75, 3.05) is 0 Å². The molecular weight excluding hydrogens is 540 g/mol. The highest BCUT2D eigenvalue weighted by Gasteiger charge is 2.25. The van der Waals surface area contributed by atoms with E-state index in [-0.39, 0.29) is 18.9 Å². The molecule has 0 spiro atoms. The summed E-state index contributed by atoms with van der Waals surface area (Å²) in [5.41, 5.74) is 11.5. The predicted molar refractivity (Wildman–Crippen MR) is 173 cm³/mol. The Hall–Kier alpha value is -4.85. The maximum atomic E-state index is 11.6. The normalized spacial score (nSPS) is 15.7. The van der Waals surface area contributed by atoms with Crippen molar-refractivity contribution in [3.8, 4) is 0 Å². The molecule has 0 radical (unpaired) electrons. The van der Waals surface area contributed by atoms with Gasteiger partial charge < -0.3 is 25.2 Å². The number of allylic oxidation sites excluding steroid dienone is 2. The second-order valence-electron chi connectivity index (χ2n) is 11.0. The van der Waals surface area contributed by atoms with Gasteiger partial charge in [0.2, 0.25) is 0 Å². The second kappa shape index (κ2) is 13.0. The molecule has 0 aromatic carbocycles. The van der Waals surface area contributed by atoms with E-state index in [9.17, 15) is 19.8 Å². The minimum Gasteiger partial charge on any atom is -0.481 e. The number of carboxylic acids is 2. The van der Waals surface area contributed by atoms with Crippen LogP contribution in [0, 0.1) is 20.8 Å². The monoisotopic (exact) mass is 580 g/mol. The summed E-state index contributed by atoms with van der Waals surface area (Å²) in [6, 6.07) is -0.118. The Bertz CT molecular complexity index is 1810. The SMILES string of the molecule is C=CC1=NC(Cc2[nH]c(/C=c3/[nH]/c(=C/c4[nH]cc(C=C)c4C)c(C)c3CCC(=O)O)c(CCC(=O)O)c2C)C(C=C)=C1C. The van der Waals surface area contributed by atoms with Gasteiger partial charge in [-0.25, -0.2) is 0 Å². The zero-order valence-electron chi connectivity index (χ0n) is 25.4. The molecule has 0 bridgehead atoms. The van der Waals surface area contributed by atoms with Crippen molar-refractivity contribution in [1.29, 1.82) is 0 Å². The fourth-order valence-electron chi connectivity index (χ4n) is 5.85. The Morgan fingerprint density at radius 3 is 2.07 bits per heavy atom. The molecule has 0 saturated heterocycles. The third kappa shape index (κ3) is 6.48. The summed E-state index contributed by atoms with van der Waals surface area (Å²) in [5, 5.41) is 20.6. The summed E-state index contributed by atoms with van der Waals surface area (Å²) >= 11 is 0. The number of aromatic amines is 3. The molecule has 4 heterocycles. The van der Waals surface area contributed by atoms with Crippen molar-refractivity contribution in [2.24, 2.45) is 4.99 Å². The number of hydrogen-bond acceptors (Lipinski definition) is 3. The number of aromatic nitrogens is 3. The van der Waals surface area contributed by atoms with E-state index in [1.165, 1.54) is 0 Å². The van der Waals surface area contributed by atoms with Gasteiger partial charge in [-0.15, -0.1) is 0 Å². The molecule has 1 atom stereocenters. The number of aliphatic carboxylic acids is 2. The zero-order valence-corrected chi connectivity index (χ0v) is 25.4. The van der Waals surface area contributed by atoms with Gasteiger partial charge in [0.1, 0.15) is 0 Å². The van der Waals surface area contributed by atoms with Crippen LogP contribution in [0.4, 0.5) is 0 Å². The smallest absolute Gasteiger partial charge is 0.303 e. The van der Waals surface area contributed by atoms with Gasteiger partial charge in [0.25, 0.3) is 0 Å². The number of carboxylic acid groups (broad SMARTS) is 2. The number of H-pyrrole nitrogens is 3. The van der Waals surface area contributed by atoms with Crippen molar-refractivity contribution in [3.63, 3.8) is 0 Å². The Morgan fingerprint density at radius 2 is 1.49 bits per heavy atom. The van der Waals surface area contributed by atoms with Gasteiger partial charge in [0, 0.05) is 53.2 Å². The number of nitrogens with zero attached hydrogens (tertiary/aromatic N) is 1. The molecule has 3 aromatic rings. The number of nitrogens with one attached hydrogen (secondary N) is 3. The Labute approximate surface area is 251 Å². The predicted octanol–water partition coefficient (Wildman–Crippen LogP) is 4.99. The first-order valence-electron chi connectivity index (χ1n) is 14.4. The lowest BCUT2D eigenvalue weighted by atomic mass is 9.97. The maximum Gasteiger partial charge on any atom is 0.303 e. The van der Waals surface area contributed by atoms with Gasteiger partial charge in [-0.2, -0.15) is 0 Å². The average Bonchev–Trinajstić information content (AvgIpc) is 3.65. The summed E-state index contributed by atoms with van der Waals surface area (Å²) in [6.45, 7) is 19.8. The highest BCUT2D eigenvalue weighted by molar-refractivity contribution is 6.10. The molecule has 3 aromatic heterocycles. The lowest BCUT2D eigenvalue weighted by Crippen LogP contribution is -2.14. The Morgan fingerprint density at radius 1 is 0.837 bits per heavy atom. The topological polar surface area (TPSA) is 134 Å². The van der Waals surface area contributed by atoms with E-state index in [0.29, 0.717) is 19.3 Å². The van der Waals surface area contributed by atoms with E-state index in [2.05, 4.69) is 34.7 Å². The van der Waals surface area contributed by atoms with E-state index in [0.717, 1.165) is 78.0 Å². The van der Waals surface area contributed by atoms with Crippen LogP contribution < -0.4 is 10.7 Å². The standard InChI is InChI=1S/C35H40N4O4/c1-8-23-18-36-28(19(23)4)15-29-21(6)25(11-13-34(40)41)32(38-29)17-33-26(12-14-35(42)43)22(7)30(39-33)16-31-24(9-2)20(5)27(10-3)37-31/h8-10,15,17-18,31,36,38-39H,1-3,11-14,16H2,4-7H3,(H,40,41)(H,42,43)/b29-15+,32-17+. The number of hydrogen-bond donors (Lipinski definition) is 5. The molecule has 0 fully saturated rings. The quantitative estimate of drug-likeness (QED) is 0.195. The van der Waals surface area contributed by atoms with Crippen molar-refractivity contribution in [1.82, 2.24) is 15.0 Å². The van der Waals surface area contributed by atoms with Crippen LogP contribution in [0.2, 0.25) is 0 Å². The van der Waals surface area contributed by atoms with Gasteiger partial charge in [-0.05, 0) is 103 Å². The summed E-state index contributed by atoms with van der Waals surface area (Å²) < 4.78 is 0. The molecule has 8 heteroatoms. The molecule has 0 amide bonds. The molecule has 0 saturated carbocycles. The van der Waals surface area contributed by atoms with Crippen LogP contribution in [0.3, 0.4) is 0 Å². The molecule has 43 heavy (non-hydrogen) atoms. The van der Waals surface area contributed by atoms with Crippen LogP contribution >= 0.6 is 0 Å². The maximum absolute atomic E-state index is 11.6. The molecule has 8 nitrogen and oxygen atoms in total. The molecule has 5 N–H and O–H groups in total. The second-order valence-corrected chi connectivity index (χ2v) is 11.0. The van der Waals surface area contributed by atoms with Crippen molar-refractivity contribution in [3.05, 3.63) is 110 Å². The van der Waals surface area contributed by atoms with Crippen molar-refractivity contribution >= 4 is 35.9 Å². The van der Waals surface area contributed by atoms with E-state index in [1.807, 2.05) is 52.1 Å². The minimum atomic E-state index is -0.870. The van der Waals surface area contributed by atoms with Crippen LogP contribution in [-0.4, -0.2) is 48.9 Å². The summed E-state index contributed by atoms with van der Waals surface area (Å²) in [7, 11) is 0. The molecule has 0 aliphatic carbocycles. The third-order valence-electron chi connectivity index (χ3n) is 8.44. The Kier molecular flexibility index (Phi) is 9.39. The van der Waals surface area contributed by atoms with Gasteiger partial charge in [0.05, 0.1) is 11.8 Å². The zero-order chi connectivity index (χ0) is 31.4. The van der Waals surface area contributed by atoms with Crippen LogP contribution in [0.25, 0.3) is 18.2 Å². The molecule has 1 aliphatic rings. The van der Waals surface area contributed by atoms with Crippen LogP contribution in [0.15, 0.2) is 54.2 Å². The first-order chi connectivity index (χ1) is 20.5. The highest BCUT2D eigenvalue weighted by atomic mass is 16.4. The van der Waals surface area contributed by atoms with E-state index in [1.54, 1.807) is 12.2 Å². The molecule has 224 valence electrons. The van der Waals surface area contributed by atoms with Crippen molar-refractivity contribution in [2.45, 2.75) is 65.8 Å². The van der Waals surface area contributed by atoms with Gasteiger partial charge in [-0.1, -0.05) is 31.9 Å². The van der Waals surface area contributed by atoms with E-state index in [4.69, 9.17) is 4.99 Å². The largest absolute Gasteiger partial charge is 0.481 e.